The quantitative estimate of drug-likeness (QED) is 0.809. The van der Waals surface area contributed by atoms with E-state index in [0.717, 1.165) is 12.0 Å². The lowest BCUT2D eigenvalue weighted by Gasteiger charge is -2.02. The van der Waals surface area contributed by atoms with Crippen molar-refractivity contribution in [3.05, 3.63) is 65.5 Å². The Kier molecular flexibility index (Phi) is 3.62. The molecular formula is C14H14N2O. The van der Waals surface area contributed by atoms with Crippen molar-refractivity contribution < 1.29 is 4.79 Å². The molecular weight excluding hydrogens is 212 g/mol. The summed E-state index contributed by atoms with van der Waals surface area (Å²) in [5.41, 5.74) is 7.74. The van der Waals surface area contributed by atoms with Gasteiger partial charge in [0.25, 0.3) is 0 Å². The second-order valence-electron chi connectivity index (χ2n) is 3.78. The number of carbonyl (C=O) groups excluding carboxylic acids is 1. The third-order valence-corrected chi connectivity index (χ3v) is 2.55. The summed E-state index contributed by atoms with van der Waals surface area (Å²) in [6.45, 7) is 0.619. The largest absolute Gasteiger partial charge is 0.330 e. The highest BCUT2D eigenvalue weighted by molar-refractivity contribution is 6.07. The lowest BCUT2D eigenvalue weighted by molar-refractivity contribution is 0.103. The summed E-state index contributed by atoms with van der Waals surface area (Å²) in [4.78, 5) is 16.1. The first-order chi connectivity index (χ1) is 8.31. The topological polar surface area (TPSA) is 56.0 Å². The molecule has 2 rings (SSSR count). The summed E-state index contributed by atoms with van der Waals surface area (Å²) in [5, 5.41) is 0. The maximum absolute atomic E-state index is 12.0. The summed E-state index contributed by atoms with van der Waals surface area (Å²) >= 11 is 0. The number of nitrogens with zero attached hydrogens (tertiary/aromatic N) is 1. The van der Waals surface area contributed by atoms with E-state index < -0.39 is 0 Å². The summed E-state index contributed by atoms with van der Waals surface area (Å²) in [7, 11) is 0. The highest BCUT2D eigenvalue weighted by atomic mass is 16.1. The van der Waals surface area contributed by atoms with Crippen LogP contribution in [0.2, 0.25) is 0 Å². The van der Waals surface area contributed by atoms with Gasteiger partial charge in [-0.15, -0.1) is 0 Å². The van der Waals surface area contributed by atoms with Gasteiger partial charge in [-0.3, -0.25) is 9.78 Å². The second kappa shape index (κ2) is 5.37. The Balaban J connectivity index is 2.20. The number of ketones is 1. The smallest absolute Gasteiger partial charge is 0.211 e. The molecule has 1 aromatic carbocycles. The average molecular weight is 226 g/mol. The van der Waals surface area contributed by atoms with Gasteiger partial charge in [0.2, 0.25) is 5.78 Å². The number of aromatic nitrogens is 1. The summed E-state index contributed by atoms with van der Waals surface area (Å²) in [6, 6.07) is 12.8. The Morgan fingerprint density at radius 3 is 2.47 bits per heavy atom. The predicted molar refractivity (Wildman–Crippen MR) is 66.9 cm³/mol. The summed E-state index contributed by atoms with van der Waals surface area (Å²) in [5.74, 6) is -0.0510. The van der Waals surface area contributed by atoms with Gasteiger partial charge in [0.1, 0.15) is 5.69 Å². The van der Waals surface area contributed by atoms with Crippen LogP contribution in [0.5, 0.6) is 0 Å². The zero-order valence-corrected chi connectivity index (χ0v) is 9.47. The van der Waals surface area contributed by atoms with Crippen LogP contribution in [0, 0.1) is 0 Å². The minimum atomic E-state index is -0.0510. The molecule has 2 aromatic rings. The maximum atomic E-state index is 12.0. The zero-order chi connectivity index (χ0) is 12.1. The van der Waals surface area contributed by atoms with Gasteiger partial charge >= 0.3 is 0 Å². The predicted octanol–water partition coefficient (Wildman–Crippen LogP) is 1.81. The van der Waals surface area contributed by atoms with Crippen LogP contribution in [-0.4, -0.2) is 17.3 Å². The molecule has 0 saturated heterocycles. The van der Waals surface area contributed by atoms with Gasteiger partial charge in [0.05, 0.1) is 0 Å². The molecule has 0 spiro atoms. The lowest BCUT2D eigenvalue weighted by Crippen LogP contribution is -2.05. The molecule has 0 aliphatic rings. The van der Waals surface area contributed by atoms with Crippen molar-refractivity contribution in [2.45, 2.75) is 6.42 Å². The summed E-state index contributed by atoms with van der Waals surface area (Å²) in [6.07, 6.45) is 2.45. The first-order valence-electron chi connectivity index (χ1n) is 5.56. The van der Waals surface area contributed by atoms with Gasteiger partial charge in [-0.25, -0.2) is 0 Å². The molecule has 0 amide bonds. The van der Waals surface area contributed by atoms with Crippen molar-refractivity contribution in [3.8, 4) is 0 Å². The maximum Gasteiger partial charge on any atom is 0.211 e. The Labute approximate surface area is 100 Å². The van der Waals surface area contributed by atoms with Crippen LogP contribution in [0.4, 0.5) is 0 Å². The number of nitrogens with two attached hydrogens (primary N) is 1. The SMILES string of the molecule is NCCc1ccc(C(=O)c2ccccn2)cc1. The molecule has 0 saturated carbocycles. The van der Waals surface area contributed by atoms with Crippen molar-refractivity contribution in [1.29, 1.82) is 0 Å². The molecule has 3 heteroatoms. The van der Waals surface area contributed by atoms with Crippen LogP contribution in [0.25, 0.3) is 0 Å². The molecule has 1 aromatic heterocycles. The van der Waals surface area contributed by atoms with E-state index in [-0.39, 0.29) is 5.78 Å². The number of benzene rings is 1. The number of rotatable bonds is 4. The minimum Gasteiger partial charge on any atom is -0.330 e. The molecule has 0 fully saturated rings. The zero-order valence-electron chi connectivity index (χ0n) is 9.47. The molecule has 0 atom stereocenters. The summed E-state index contributed by atoms with van der Waals surface area (Å²) < 4.78 is 0. The average Bonchev–Trinajstić information content (AvgIpc) is 2.40. The molecule has 0 radical (unpaired) electrons. The Hall–Kier alpha value is -2.00. The Morgan fingerprint density at radius 1 is 1.12 bits per heavy atom. The molecule has 1 heterocycles. The van der Waals surface area contributed by atoms with Gasteiger partial charge in [-0.2, -0.15) is 0 Å². The van der Waals surface area contributed by atoms with Crippen LogP contribution in [0.15, 0.2) is 48.7 Å². The van der Waals surface area contributed by atoms with Crippen LogP contribution in [0.3, 0.4) is 0 Å². The van der Waals surface area contributed by atoms with Gasteiger partial charge in [-0.1, -0.05) is 30.3 Å². The normalized spacial score (nSPS) is 10.2. The molecule has 0 aliphatic heterocycles. The van der Waals surface area contributed by atoms with E-state index in [1.165, 1.54) is 0 Å². The van der Waals surface area contributed by atoms with Crippen molar-refractivity contribution in [2.75, 3.05) is 6.54 Å². The standard InChI is InChI=1S/C14H14N2O/c15-9-8-11-4-6-12(7-5-11)14(17)13-3-1-2-10-16-13/h1-7,10H,8-9,15H2. The van der Waals surface area contributed by atoms with E-state index in [1.807, 2.05) is 30.3 Å². The van der Waals surface area contributed by atoms with E-state index in [0.29, 0.717) is 17.8 Å². The number of pyridine rings is 1. The molecule has 0 unspecified atom stereocenters. The molecule has 86 valence electrons. The fourth-order valence-electron chi connectivity index (χ4n) is 1.63. The second-order valence-corrected chi connectivity index (χ2v) is 3.78. The van der Waals surface area contributed by atoms with Gasteiger partial charge < -0.3 is 5.73 Å². The number of hydrogen-bond acceptors (Lipinski definition) is 3. The number of carbonyl (C=O) groups is 1. The van der Waals surface area contributed by atoms with Crippen LogP contribution in [0.1, 0.15) is 21.6 Å². The first-order valence-corrected chi connectivity index (χ1v) is 5.56. The Bertz CT molecular complexity index is 491. The monoisotopic (exact) mass is 226 g/mol. The van der Waals surface area contributed by atoms with Crippen LogP contribution < -0.4 is 5.73 Å². The van der Waals surface area contributed by atoms with Gasteiger partial charge in [0.15, 0.2) is 0 Å². The molecule has 0 bridgehead atoms. The highest BCUT2D eigenvalue weighted by Gasteiger charge is 2.09. The first kappa shape index (κ1) is 11.5. The minimum absolute atomic E-state index is 0.0510. The van der Waals surface area contributed by atoms with Crippen LogP contribution in [-0.2, 0) is 6.42 Å². The molecule has 17 heavy (non-hydrogen) atoms. The van der Waals surface area contributed by atoms with Crippen LogP contribution >= 0.6 is 0 Å². The van der Waals surface area contributed by atoms with Crippen molar-refractivity contribution in [2.24, 2.45) is 5.73 Å². The fourth-order valence-corrected chi connectivity index (χ4v) is 1.63. The van der Waals surface area contributed by atoms with E-state index in [4.69, 9.17) is 5.73 Å². The fraction of sp³-hybridized carbons (Fsp3) is 0.143. The third kappa shape index (κ3) is 2.77. The third-order valence-electron chi connectivity index (χ3n) is 2.55. The van der Waals surface area contributed by atoms with E-state index in [2.05, 4.69) is 4.98 Å². The van der Waals surface area contributed by atoms with Crippen molar-refractivity contribution >= 4 is 5.78 Å². The van der Waals surface area contributed by atoms with Gasteiger partial charge in [-0.05, 0) is 30.7 Å². The Morgan fingerprint density at radius 2 is 1.88 bits per heavy atom. The number of hydrogen-bond donors (Lipinski definition) is 1. The van der Waals surface area contributed by atoms with Crippen molar-refractivity contribution in [1.82, 2.24) is 4.98 Å². The molecule has 0 aliphatic carbocycles. The van der Waals surface area contributed by atoms with Crippen molar-refractivity contribution in [3.63, 3.8) is 0 Å². The van der Waals surface area contributed by atoms with E-state index in [1.54, 1.807) is 18.3 Å². The van der Waals surface area contributed by atoms with Gasteiger partial charge in [0, 0.05) is 11.8 Å². The van der Waals surface area contributed by atoms with E-state index >= 15 is 0 Å². The van der Waals surface area contributed by atoms with E-state index in [9.17, 15) is 4.79 Å². The highest BCUT2D eigenvalue weighted by Crippen LogP contribution is 2.09. The lowest BCUT2D eigenvalue weighted by atomic mass is 10.0. The molecule has 3 nitrogen and oxygen atoms in total. The molecule has 2 N–H and O–H groups in total.